The van der Waals surface area contributed by atoms with Crippen molar-refractivity contribution in [1.29, 1.82) is 0 Å². The fourth-order valence-corrected chi connectivity index (χ4v) is 3.33. The predicted molar refractivity (Wildman–Crippen MR) is 99.0 cm³/mol. The first-order valence-corrected chi connectivity index (χ1v) is 9.38. The third-order valence-electron chi connectivity index (χ3n) is 4.06. The third-order valence-corrected chi connectivity index (χ3v) is 4.49. The molecule has 25 heavy (non-hydrogen) atoms. The lowest BCUT2D eigenvalue weighted by atomic mass is 10.1. The second-order valence-corrected chi connectivity index (χ2v) is 8.24. The van der Waals surface area contributed by atoms with Crippen molar-refractivity contribution in [2.24, 2.45) is 0 Å². The van der Waals surface area contributed by atoms with Gasteiger partial charge in [-0.15, -0.1) is 0 Å². The van der Waals surface area contributed by atoms with Gasteiger partial charge in [-0.3, -0.25) is 0 Å². The molecule has 0 bridgehead atoms. The maximum Gasteiger partial charge on any atom is 0.410 e. The molecule has 2 aromatic heterocycles. The average Bonchev–Trinajstić information content (AvgIpc) is 2.84. The Morgan fingerprint density at radius 3 is 2.88 bits per heavy atom. The van der Waals surface area contributed by atoms with Gasteiger partial charge < -0.3 is 14.4 Å². The van der Waals surface area contributed by atoms with E-state index in [1.165, 1.54) is 0 Å². The monoisotopic (exact) mass is 409 g/mol. The Bertz CT molecular complexity index is 754. The zero-order valence-corrected chi connectivity index (χ0v) is 16.5. The van der Waals surface area contributed by atoms with Crippen molar-refractivity contribution in [2.75, 3.05) is 13.1 Å². The lowest BCUT2D eigenvalue weighted by molar-refractivity contribution is 0.0252. The summed E-state index contributed by atoms with van der Waals surface area (Å²) >= 11 is 3.49. The van der Waals surface area contributed by atoms with E-state index < -0.39 is 5.60 Å². The molecular weight excluding hydrogens is 386 g/mol. The molecule has 1 aliphatic heterocycles. The number of rotatable bonds is 2. The smallest absolute Gasteiger partial charge is 0.410 e. The topological polar surface area (TPSA) is 56.1 Å². The number of halogens is 1. The number of amides is 1. The molecule has 0 aliphatic carbocycles. The summed E-state index contributed by atoms with van der Waals surface area (Å²) in [6.45, 7) is 7.01. The molecule has 1 atom stereocenters. The van der Waals surface area contributed by atoms with Crippen LogP contribution in [-0.4, -0.2) is 45.4 Å². The fourth-order valence-electron chi connectivity index (χ4n) is 2.93. The molecule has 0 saturated carbocycles. The summed E-state index contributed by atoms with van der Waals surface area (Å²) in [5.74, 6) is 0.808. The normalized spacial score (nSPS) is 18.9. The highest BCUT2D eigenvalue weighted by atomic mass is 79.9. The van der Waals surface area contributed by atoms with Crippen LogP contribution in [0.25, 0.3) is 5.52 Å². The summed E-state index contributed by atoms with van der Waals surface area (Å²) < 4.78 is 14.4. The Morgan fingerprint density at radius 1 is 1.32 bits per heavy atom. The first-order valence-electron chi connectivity index (χ1n) is 8.59. The maximum absolute atomic E-state index is 12.3. The van der Waals surface area contributed by atoms with Crippen molar-refractivity contribution < 1.29 is 14.3 Å². The second kappa shape index (κ2) is 7.23. The van der Waals surface area contributed by atoms with Crippen LogP contribution in [0.1, 0.15) is 40.0 Å². The zero-order chi connectivity index (χ0) is 18.0. The molecule has 2 aromatic rings. The summed E-state index contributed by atoms with van der Waals surface area (Å²) in [5, 5.41) is 4.26. The molecule has 0 unspecified atom stereocenters. The highest BCUT2D eigenvalue weighted by Crippen LogP contribution is 2.27. The number of hydrogen-bond donors (Lipinski definition) is 0. The van der Waals surface area contributed by atoms with E-state index in [2.05, 4.69) is 21.0 Å². The number of fused-ring (bicyclic) bond motifs is 1. The van der Waals surface area contributed by atoms with Crippen molar-refractivity contribution in [3.63, 3.8) is 0 Å². The Morgan fingerprint density at radius 2 is 2.12 bits per heavy atom. The first kappa shape index (κ1) is 18.0. The molecule has 6 nitrogen and oxygen atoms in total. The van der Waals surface area contributed by atoms with Crippen LogP contribution < -0.4 is 4.74 Å². The van der Waals surface area contributed by atoms with Crippen LogP contribution in [-0.2, 0) is 4.74 Å². The van der Waals surface area contributed by atoms with Gasteiger partial charge in [-0.05, 0) is 61.7 Å². The molecule has 7 heteroatoms. The predicted octanol–water partition coefficient (Wildman–Crippen LogP) is 4.27. The molecule has 136 valence electrons. The number of carbonyl (C=O) groups excluding carboxylic acids is 1. The lowest BCUT2D eigenvalue weighted by Crippen LogP contribution is -2.37. The van der Waals surface area contributed by atoms with E-state index >= 15 is 0 Å². The van der Waals surface area contributed by atoms with E-state index in [0.717, 1.165) is 35.0 Å². The number of aromatic nitrogens is 2. The van der Waals surface area contributed by atoms with Crippen LogP contribution in [0.3, 0.4) is 0 Å². The van der Waals surface area contributed by atoms with Crippen molar-refractivity contribution in [3.05, 3.63) is 29.0 Å². The van der Waals surface area contributed by atoms with Crippen LogP contribution in [0.4, 0.5) is 4.79 Å². The number of ether oxygens (including phenoxy) is 2. The second-order valence-electron chi connectivity index (χ2n) is 7.32. The molecule has 0 spiro atoms. The third kappa shape index (κ3) is 4.66. The van der Waals surface area contributed by atoms with Gasteiger partial charge in [0.05, 0.1) is 6.20 Å². The Labute approximate surface area is 156 Å². The molecule has 1 amide bonds. The highest BCUT2D eigenvalue weighted by Gasteiger charge is 2.26. The van der Waals surface area contributed by atoms with E-state index in [9.17, 15) is 4.79 Å². The Kier molecular flexibility index (Phi) is 5.22. The molecule has 1 aliphatic rings. The van der Waals surface area contributed by atoms with E-state index in [-0.39, 0.29) is 12.2 Å². The summed E-state index contributed by atoms with van der Waals surface area (Å²) in [5.41, 5.74) is 0.472. The molecule has 1 saturated heterocycles. The van der Waals surface area contributed by atoms with Gasteiger partial charge in [-0.25, -0.2) is 9.31 Å². The number of nitrogens with zero attached hydrogens (tertiary/aromatic N) is 3. The molecule has 0 radical (unpaired) electrons. The van der Waals surface area contributed by atoms with Crippen molar-refractivity contribution in [3.8, 4) is 5.75 Å². The van der Waals surface area contributed by atoms with Gasteiger partial charge in [0.1, 0.15) is 23.0 Å². The Balaban J connectivity index is 1.65. The SMILES string of the molecule is CC(C)(C)OC(=O)N1CCC[C@@H](Oc2cc(Br)cn3nccc23)CC1. The largest absolute Gasteiger partial charge is 0.488 e. The van der Waals surface area contributed by atoms with Crippen LogP contribution >= 0.6 is 15.9 Å². The zero-order valence-electron chi connectivity index (χ0n) is 14.9. The lowest BCUT2D eigenvalue weighted by Gasteiger charge is -2.26. The standard InChI is InChI=1S/C18H24BrN3O3/c1-18(2,3)25-17(23)21-9-4-5-14(7-10-21)24-16-11-13(19)12-22-15(16)6-8-20-22/h6,8,11-12,14H,4-5,7,9-10H2,1-3H3/t14-/m1/s1. The van der Waals surface area contributed by atoms with Crippen molar-refractivity contribution in [1.82, 2.24) is 14.5 Å². The number of pyridine rings is 1. The maximum atomic E-state index is 12.3. The summed E-state index contributed by atoms with van der Waals surface area (Å²) in [4.78, 5) is 14.0. The van der Waals surface area contributed by atoms with Gasteiger partial charge in [0, 0.05) is 30.2 Å². The van der Waals surface area contributed by atoms with E-state index in [4.69, 9.17) is 9.47 Å². The van der Waals surface area contributed by atoms with Crippen LogP contribution in [0.15, 0.2) is 29.0 Å². The molecule has 1 fully saturated rings. The fraction of sp³-hybridized carbons (Fsp3) is 0.556. The Hall–Kier alpha value is -1.76. The summed E-state index contributed by atoms with van der Waals surface area (Å²) in [6.07, 6.45) is 6.08. The molecule has 3 rings (SSSR count). The molecule has 3 heterocycles. The summed E-state index contributed by atoms with van der Waals surface area (Å²) in [6, 6.07) is 3.90. The van der Waals surface area contributed by atoms with Gasteiger partial charge in [0.2, 0.25) is 0 Å². The van der Waals surface area contributed by atoms with Gasteiger partial charge in [0.15, 0.2) is 0 Å². The highest BCUT2D eigenvalue weighted by molar-refractivity contribution is 9.10. The first-order chi connectivity index (χ1) is 11.8. The van der Waals surface area contributed by atoms with Gasteiger partial charge in [0.25, 0.3) is 0 Å². The quantitative estimate of drug-likeness (QED) is 0.742. The summed E-state index contributed by atoms with van der Waals surface area (Å²) in [7, 11) is 0. The minimum atomic E-state index is -0.469. The van der Waals surface area contributed by atoms with Crippen molar-refractivity contribution >= 4 is 27.5 Å². The van der Waals surface area contributed by atoms with Gasteiger partial charge in [-0.1, -0.05) is 0 Å². The minimum absolute atomic E-state index is 0.0698. The molecule has 0 aromatic carbocycles. The van der Waals surface area contributed by atoms with Crippen LogP contribution in [0.5, 0.6) is 5.75 Å². The van der Waals surface area contributed by atoms with E-state index in [0.29, 0.717) is 13.1 Å². The van der Waals surface area contributed by atoms with Crippen LogP contribution in [0, 0.1) is 0 Å². The van der Waals surface area contributed by atoms with E-state index in [1.54, 1.807) is 15.6 Å². The van der Waals surface area contributed by atoms with E-state index in [1.807, 2.05) is 39.1 Å². The minimum Gasteiger partial charge on any atom is -0.488 e. The van der Waals surface area contributed by atoms with Crippen molar-refractivity contribution in [2.45, 2.75) is 51.7 Å². The number of carbonyl (C=O) groups is 1. The molecular formula is C18H24BrN3O3. The van der Waals surface area contributed by atoms with Gasteiger partial charge >= 0.3 is 6.09 Å². The van der Waals surface area contributed by atoms with Crippen LogP contribution in [0.2, 0.25) is 0 Å². The number of likely N-dealkylation sites (tertiary alicyclic amines) is 1. The van der Waals surface area contributed by atoms with Gasteiger partial charge in [-0.2, -0.15) is 5.10 Å². The average molecular weight is 410 g/mol. The number of hydrogen-bond acceptors (Lipinski definition) is 4. The molecule has 0 N–H and O–H groups in total.